The number of hydrogen-bond acceptors (Lipinski definition) is 0. The third-order valence-electron chi connectivity index (χ3n) is 10.9. The van der Waals surface area contributed by atoms with Crippen LogP contribution < -0.4 is 21.9 Å². The average Bonchev–Trinajstić information content (AvgIpc) is 3.22. The van der Waals surface area contributed by atoms with E-state index in [-0.39, 0.29) is 0 Å². The molecule has 1 aliphatic rings. The van der Waals surface area contributed by atoms with Gasteiger partial charge < -0.3 is 4.48 Å². The maximum atomic E-state index is 15.4. The lowest BCUT2D eigenvalue weighted by Gasteiger charge is -2.44. The molecule has 0 heterocycles. The van der Waals surface area contributed by atoms with E-state index in [1.165, 1.54) is 68.8 Å². The van der Waals surface area contributed by atoms with Gasteiger partial charge in [-0.05, 0) is 38.5 Å². The SMILES string of the molecule is CCCCCC[N+](C)(C)C1CCCCC1.Fc1c(F)c(F)c([B-](c2c(F)c(F)c(F)c(F)c2F)(c2c(F)c(F)c(F)c(F)c2F)c2c(F)c(F)c(F)c(F)c2F)c(F)c1F. The molecule has 5 rings (SSSR count). The predicted molar refractivity (Wildman–Crippen MR) is 177 cm³/mol. The highest BCUT2D eigenvalue weighted by atomic mass is 19.2. The van der Waals surface area contributed by atoms with Crippen LogP contribution in [0.4, 0.5) is 87.8 Å². The largest absolute Gasteiger partial charge is 0.326 e. The molecule has 1 saturated carbocycles. The quantitative estimate of drug-likeness (QED) is 0.0372. The van der Waals surface area contributed by atoms with Crippen molar-refractivity contribution < 1.29 is 92.3 Å². The third kappa shape index (κ3) is 7.92. The van der Waals surface area contributed by atoms with Crippen molar-refractivity contribution in [2.75, 3.05) is 20.6 Å². The van der Waals surface area contributed by atoms with E-state index in [4.69, 9.17) is 0 Å². The van der Waals surface area contributed by atoms with E-state index < -0.39 is 144 Å². The number of rotatable bonds is 10. The highest BCUT2D eigenvalue weighted by Crippen LogP contribution is 2.31. The second-order valence-corrected chi connectivity index (χ2v) is 14.7. The normalized spacial score (nSPS) is 13.8. The smallest absolute Gasteiger partial charge is 0.200 e. The van der Waals surface area contributed by atoms with E-state index in [1.54, 1.807) is 0 Å². The van der Waals surface area contributed by atoms with Crippen LogP contribution in [0.15, 0.2) is 0 Å². The summed E-state index contributed by atoms with van der Waals surface area (Å²) in [6.45, 7) is 3.69. The van der Waals surface area contributed by atoms with Gasteiger partial charge in [0.2, 0.25) is 0 Å². The van der Waals surface area contributed by atoms with Gasteiger partial charge in [0.1, 0.15) is 52.7 Å². The Bertz CT molecular complexity index is 1910. The zero-order valence-corrected chi connectivity index (χ0v) is 31.2. The van der Waals surface area contributed by atoms with Gasteiger partial charge in [-0.25, -0.2) is 87.8 Å². The monoisotopic (exact) mass is 891 g/mol. The molecule has 0 amide bonds. The van der Waals surface area contributed by atoms with Crippen molar-refractivity contribution in [1.82, 2.24) is 0 Å². The molecule has 4 aromatic rings. The maximum absolute atomic E-state index is 15.4. The summed E-state index contributed by atoms with van der Waals surface area (Å²) in [7, 11) is 4.89. The van der Waals surface area contributed by atoms with Gasteiger partial charge in [-0.2, -0.15) is 0 Å². The fourth-order valence-electron chi connectivity index (χ4n) is 7.78. The number of hydrogen-bond donors (Lipinski definition) is 0. The molecule has 0 unspecified atom stereocenters. The van der Waals surface area contributed by atoms with Gasteiger partial charge in [0, 0.05) is 0 Å². The van der Waals surface area contributed by atoms with Gasteiger partial charge in [-0.3, -0.25) is 0 Å². The molecular formula is C38H30BF20N. The Morgan fingerprint density at radius 1 is 0.350 bits per heavy atom. The number of unbranched alkanes of at least 4 members (excludes halogenated alkanes) is 3. The van der Waals surface area contributed by atoms with Crippen molar-refractivity contribution in [3.63, 3.8) is 0 Å². The molecule has 0 aromatic heterocycles. The van der Waals surface area contributed by atoms with Crippen LogP contribution in [0.5, 0.6) is 0 Å². The van der Waals surface area contributed by atoms with Gasteiger partial charge in [0.05, 0.1) is 26.7 Å². The minimum atomic E-state index is -7.22. The molecule has 0 radical (unpaired) electrons. The highest BCUT2D eigenvalue weighted by molar-refractivity contribution is 7.20. The second kappa shape index (κ2) is 18.2. The van der Waals surface area contributed by atoms with Crippen LogP contribution in [-0.4, -0.2) is 37.3 Å². The second-order valence-electron chi connectivity index (χ2n) is 14.7. The molecule has 0 spiro atoms. The molecule has 1 aliphatic carbocycles. The van der Waals surface area contributed by atoms with Gasteiger partial charge in [0.15, 0.2) is 69.8 Å². The summed E-state index contributed by atoms with van der Waals surface area (Å²) < 4.78 is 295. The Morgan fingerprint density at radius 2 is 0.583 bits per heavy atom. The lowest BCUT2D eigenvalue weighted by atomic mass is 9.12. The topological polar surface area (TPSA) is 0 Å². The minimum absolute atomic E-state index is 0.959. The molecule has 0 saturated heterocycles. The minimum Gasteiger partial charge on any atom is -0.326 e. The van der Waals surface area contributed by atoms with E-state index in [1.807, 2.05) is 0 Å². The standard InChI is InChI=1S/C24BF20.C14H30N/c26-5-1(6(27)14(35)21(42)13(5)34)25(2-7(28)15(36)22(43)16(37)8(2)29,3-9(30)17(38)23(44)18(39)10(3)31)4-11(32)19(40)24(45)20(41)12(4)33;1-4-5-6-10-13-15(2,3)14-11-8-7-9-12-14/h;14H,4-13H2,1-3H3/q-1;+1. The van der Waals surface area contributed by atoms with Crippen molar-refractivity contribution >= 4 is 28.0 Å². The van der Waals surface area contributed by atoms with Crippen LogP contribution in [0, 0.1) is 116 Å². The Kier molecular flexibility index (Phi) is 14.6. The average molecular weight is 891 g/mol. The van der Waals surface area contributed by atoms with Gasteiger partial charge >= 0.3 is 0 Å². The fourth-order valence-corrected chi connectivity index (χ4v) is 7.78. The molecule has 0 N–H and O–H groups in total. The molecule has 4 aromatic carbocycles. The summed E-state index contributed by atoms with van der Waals surface area (Å²) in [5.41, 5.74) is -14.3. The molecule has 0 bridgehead atoms. The first-order valence-electron chi connectivity index (χ1n) is 17.9. The van der Waals surface area contributed by atoms with Crippen molar-refractivity contribution in [1.29, 1.82) is 0 Å². The van der Waals surface area contributed by atoms with Crippen LogP contribution in [0.25, 0.3) is 0 Å². The van der Waals surface area contributed by atoms with E-state index in [2.05, 4.69) is 21.0 Å². The number of nitrogens with zero attached hydrogens (tertiary/aromatic N) is 1. The molecule has 330 valence electrons. The van der Waals surface area contributed by atoms with Gasteiger partial charge in [-0.1, -0.05) is 26.2 Å². The number of quaternary nitrogens is 1. The van der Waals surface area contributed by atoms with Gasteiger partial charge in [0.25, 0.3) is 0 Å². The van der Waals surface area contributed by atoms with Crippen LogP contribution in [-0.2, 0) is 0 Å². The van der Waals surface area contributed by atoms with Crippen molar-refractivity contribution in [3.8, 4) is 0 Å². The first kappa shape index (κ1) is 48.2. The van der Waals surface area contributed by atoms with E-state index in [0.29, 0.717) is 0 Å². The van der Waals surface area contributed by atoms with E-state index in [9.17, 15) is 52.7 Å². The Morgan fingerprint density at radius 3 is 0.817 bits per heavy atom. The Hall–Kier alpha value is -4.50. The van der Waals surface area contributed by atoms with Crippen LogP contribution in [0.1, 0.15) is 64.7 Å². The summed E-state index contributed by atoms with van der Waals surface area (Å²) in [6, 6.07) is 0.959. The molecule has 22 heteroatoms. The molecule has 0 aliphatic heterocycles. The van der Waals surface area contributed by atoms with E-state index >= 15 is 35.1 Å². The van der Waals surface area contributed by atoms with Gasteiger partial charge in [-0.15, -0.1) is 21.9 Å². The summed E-state index contributed by atoms with van der Waals surface area (Å²) in [4.78, 5) is 0. The Balaban J connectivity index is 0.000000445. The number of benzene rings is 4. The lowest BCUT2D eigenvalue weighted by molar-refractivity contribution is -0.916. The molecule has 60 heavy (non-hydrogen) atoms. The Labute approximate surface area is 328 Å². The highest BCUT2D eigenvalue weighted by Gasteiger charge is 2.52. The predicted octanol–water partition coefficient (Wildman–Crippen LogP) is 9.82. The summed E-state index contributed by atoms with van der Waals surface area (Å²) in [6.07, 6.45) is 5.80. The summed E-state index contributed by atoms with van der Waals surface area (Å²) >= 11 is 0. The zero-order chi connectivity index (χ0) is 45.5. The van der Waals surface area contributed by atoms with Crippen LogP contribution >= 0.6 is 0 Å². The lowest BCUT2D eigenvalue weighted by Crippen LogP contribution is -2.81. The maximum Gasteiger partial charge on any atom is 0.200 e. The first-order valence-corrected chi connectivity index (χ1v) is 17.9. The zero-order valence-electron chi connectivity index (χ0n) is 31.2. The molecular weight excluding hydrogens is 861 g/mol. The number of halogens is 20. The molecule has 1 fully saturated rings. The van der Waals surface area contributed by atoms with Crippen LogP contribution in [0.2, 0.25) is 0 Å². The summed E-state index contributed by atoms with van der Waals surface area (Å²) in [5.74, 6) is -71.4. The fraction of sp³-hybridized carbons (Fsp3) is 0.368. The van der Waals surface area contributed by atoms with Crippen LogP contribution in [0.3, 0.4) is 0 Å². The van der Waals surface area contributed by atoms with Crippen molar-refractivity contribution in [3.05, 3.63) is 116 Å². The van der Waals surface area contributed by atoms with Crippen molar-refractivity contribution in [2.45, 2.75) is 70.8 Å². The third-order valence-corrected chi connectivity index (χ3v) is 10.9. The molecule has 1 nitrogen and oxygen atoms in total. The first-order chi connectivity index (χ1) is 27.9. The van der Waals surface area contributed by atoms with Crippen molar-refractivity contribution in [2.24, 2.45) is 0 Å². The summed E-state index contributed by atoms with van der Waals surface area (Å²) in [5, 5.41) is 0. The molecule has 0 atom stereocenters. The van der Waals surface area contributed by atoms with E-state index in [0.717, 1.165) is 6.04 Å².